The van der Waals surface area contributed by atoms with Crippen molar-refractivity contribution in [2.75, 3.05) is 12.3 Å². The molecule has 0 aliphatic carbocycles. The summed E-state index contributed by atoms with van der Waals surface area (Å²) in [6.07, 6.45) is 1.39. The van der Waals surface area contributed by atoms with Gasteiger partial charge in [-0.15, -0.1) is 0 Å². The Morgan fingerprint density at radius 2 is 2.19 bits per heavy atom. The van der Waals surface area contributed by atoms with Crippen molar-refractivity contribution in [1.29, 1.82) is 0 Å². The van der Waals surface area contributed by atoms with Crippen LogP contribution < -0.4 is 21.6 Å². The van der Waals surface area contributed by atoms with E-state index in [4.69, 9.17) is 16.2 Å². The first-order valence-corrected chi connectivity index (χ1v) is 6.43. The Hall–Kier alpha value is -2.57. The zero-order valence-electron chi connectivity index (χ0n) is 11.6. The molecule has 1 atom stereocenters. The Labute approximate surface area is 119 Å². The molecule has 0 bridgehead atoms. The summed E-state index contributed by atoms with van der Waals surface area (Å²) in [5.74, 6) is -1.30. The number of benzene rings is 1. The molecule has 110 valence electrons. The van der Waals surface area contributed by atoms with Gasteiger partial charge in [0.1, 0.15) is 17.9 Å². The van der Waals surface area contributed by atoms with Crippen LogP contribution in [0, 0.1) is 12.7 Å². The maximum atomic E-state index is 14.2. The molecule has 2 aromatic rings. The zero-order valence-corrected chi connectivity index (χ0v) is 11.6. The lowest BCUT2D eigenvalue weighted by atomic mass is 10.0. The average molecular weight is 291 g/mol. The third kappa shape index (κ3) is 1.63. The SMILES string of the molecule is Cc1c(F)c(N)c2c(=O)c(C(N)=O)cn3c2c1OC[C@@H]3C. The molecule has 7 heteroatoms. The van der Waals surface area contributed by atoms with E-state index >= 15 is 0 Å². The zero-order chi connectivity index (χ0) is 15.5. The molecule has 1 amide bonds. The van der Waals surface area contributed by atoms with Crippen molar-refractivity contribution in [1.82, 2.24) is 4.57 Å². The maximum absolute atomic E-state index is 14.2. The van der Waals surface area contributed by atoms with Crippen LogP contribution in [0.3, 0.4) is 0 Å². The Morgan fingerprint density at radius 3 is 2.81 bits per heavy atom. The van der Waals surface area contributed by atoms with Gasteiger partial charge in [0, 0.05) is 11.8 Å². The number of rotatable bonds is 1. The van der Waals surface area contributed by atoms with Crippen LogP contribution in [-0.4, -0.2) is 17.1 Å². The van der Waals surface area contributed by atoms with Gasteiger partial charge in [0.15, 0.2) is 5.82 Å². The lowest BCUT2D eigenvalue weighted by molar-refractivity contribution is 0.0998. The first-order valence-electron chi connectivity index (χ1n) is 6.43. The second-order valence-corrected chi connectivity index (χ2v) is 5.21. The smallest absolute Gasteiger partial charge is 0.254 e. The van der Waals surface area contributed by atoms with E-state index in [1.807, 2.05) is 6.92 Å². The number of nitrogens with zero attached hydrogens (tertiary/aromatic N) is 1. The Balaban J connectivity index is 2.64. The lowest BCUT2D eigenvalue weighted by Gasteiger charge is -2.28. The first kappa shape index (κ1) is 13.4. The number of aromatic nitrogens is 1. The van der Waals surface area contributed by atoms with Gasteiger partial charge < -0.3 is 20.8 Å². The standard InChI is InChI=1S/C14H14FN3O3/c1-5-4-21-13-6(2)9(15)10(16)8-11(13)18(5)3-7(12(8)19)14(17)20/h3,5H,4,16H2,1-2H3,(H2,17,20)/t5-/m0/s1. The molecule has 0 spiro atoms. The highest BCUT2D eigenvalue weighted by Crippen LogP contribution is 2.39. The summed E-state index contributed by atoms with van der Waals surface area (Å²) in [5.41, 5.74) is 10.5. The number of nitrogens with two attached hydrogens (primary N) is 2. The Morgan fingerprint density at radius 1 is 1.52 bits per heavy atom. The number of pyridine rings is 1. The van der Waals surface area contributed by atoms with Crippen LogP contribution >= 0.6 is 0 Å². The Bertz CT molecular complexity index is 857. The molecule has 0 saturated heterocycles. The fraction of sp³-hybridized carbons (Fsp3) is 0.286. The molecule has 0 radical (unpaired) electrons. The van der Waals surface area contributed by atoms with Crippen LogP contribution in [0.4, 0.5) is 10.1 Å². The van der Waals surface area contributed by atoms with E-state index in [1.54, 1.807) is 4.57 Å². The van der Waals surface area contributed by atoms with E-state index in [0.29, 0.717) is 12.1 Å². The fourth-order valence-corrected chi connectivity index (χ4v) is 2.69. The van der Waals surface area contributed by atoms with E-state index in [1.165, 1.54) is 13.1 Å². The highest BCUT2D eigenvalue weighted by Gasteiger charge is 2.28. The molecule has 1 aliphatic rings. The molecular weight excluding hydrogens is 277 g/mol. The second kappa shape index (κ2) is 4.21. The summed E-state index contributed by atoms with van der Waals surface area (Å²) in [5, 5.41) is -0.0593. The summed E-state index contributed by atoms with van der Waals surface area (Å²) < 4.78 is 21.5. The number of nitrogen functional groups attached to an aromatic ring is 1. The predicted molar refractivity (Wildman–Crippen MR) is 76.0 cm³/mol. The molecule has 1 aromatic heterocycles. The van der Waals surface area contributed by atoms with Crippen LogP contribution in [-0.2, 0) is 0 Å². The molecule has 1 aliphatic heterocycles. The lowest BCUT2D eigenvalue weighted by Crippen LogP contribution is -2.29. The number of carbonyl (C=O) groups excluding carboxylic acids is 1. The molecular formula is C14H14FN3O3. The first-order chi connectivity index (χ1) is 9.84. The van der Waals surface area contributed by atoms with Crippen molar-refractivity contribution in [2.45, 2.75) is 19.9 Å². The third-order valence-electron chi connectivity index (χ3n) is 3.83. The summed E-state index contributed by atoms with van der Waals surface area (Å²) >= 11 is 0. The number of carbonyl (C=O) groups is 1. The van der Waals surface area contributed by atoms with Crippen molar-refractivity contribution in [3.8, 4) is 5.75 Å². The van der Waals surface area contributed by atoms with Crippen molar-refractivity contribution >= 4 is 22.5 Å². The Kier molecular flexibility index (Phi) is 2.69. The number of hydrogen-bond donors (Lipinski definition) is 2. The minimum absolute atomic E-state index is 0.0593. The molecule has 1 aromatic carbocycles. The van der Waals surface area contributed by atoms with Crippen LogP contribution in [0.5, 0.6) is 5.75 Å². The molecule has 6 nitrogen and oxygen atoms in total. The van der Waals surface area contributed by atoms with Gasteiger partial charge in [-0.25, -0.2) is 4.39 Å². The van der Waals surface area contributed by atoms with Gasteiger partial charge in [0.05, 0.1) is 22.6 Å². The normalized spacial score (nSPS) is 16.8. The van der Waals surface area contributed by atoms with E-state index < -0.39 is 17.2 Å². The number of ether oxygens (including phenoxy) is 1. The number of anilines is 1. The van der Waals surface area contributed by atoms with Crippen molar-refractivity contribution < 1.29 is 13.9 Å². The monoisotopic (exact) mass is 291 g/mol. The number of amides is 1. The summed E-state index contributed by atoms with van der Waals surface area (Å²) in [6.45, 7) is 3.69. The van der Waals surface area contributed by atoms with E-state index in [-0.39, 0.29) is 34.0 Å². The molecule has 0 fully saturated rings. The van der Waals surface area contributed by atoms with Gasteiger partial charge in [-0.2, -0.15) is 0 Å². The minimum Gasteiger partial charge on any atom is -0.489 e. The predicted octanol–water partition coefficient (Wildman–Crippen LogP) is 1.08. The summed E-state index contributed by atoms with van der Waals surface area (Å²) in [4.78, 5) is 23.8. The number of halogens is 1. The molecule has 21 heavy (non-hydrogen) atoms. The van der Waals surface area contributed by atoms with E-state index in [9.17, 15) is 14.0 Å². The quantitative estimate of drug-likeness (QED) is 0.768. The number of hydrogen-bond acceptors (Lipinski definition) is 4. The van der Waals surface area contributed by atoms with Gasteiger partial charge in [-0.05, 0) is 13.8 Å². The van der Waals surface area contributed by atoms with Crippen LogP contribution in [0.15, 0.2) is 11.0 Å². The molecule has 0 saturated carbocycles. The molecule has 2 heterocycles. The van der Waals surface area contributed by atoms with Crippen LogP contribution in [0.2, 0.25) is 0 Å². The molecule has 4 N–H and O–H groups in total. The van der Waals surface area contributed by atoms with Gasteiger partial charge in [-0.3, -0.25) is 9.59 Å². The molecule has 3 rings (SSSR count). The topological polar surface area (TPSA) is 100 Å². The largest absolute Gasteiger partial charge is 0.489 e. The van der Waals surface area contributed by atoms with Gasteiger partial charge >= 0.3 is 0 Å². The highest BCUT2D eigenvalue weighted by atomic mass is 19.1. The van der Waals surface area contributed by atoms with Crippen molar-refractivity contribution in [3.63, 3.8) is 0 Å². The summed E-state index contributed by atoms with van der Waals surface area (Å²) in [6, 6.07) is -0.136. The number of primary amides is 1. The highest BCUT2D eigenvalue weighted by molar-refractivity contribution is 6.02. The van der Waals surface area contributed by atoms with Gasteiger partial charge in [0.25, 0.3) is 5.91 Å². The maximum Gasteiger partial charge on any atom is 0.254 e. The molecule has 0 unspecified atom stereocenters. The fourth-order valence-electron chi connectivity index (χ4n) is 2.69. The van der Waals surface area contributed by atoms with Crippen LogP contribution in [0.25, 0.3) is 10.9 Å². The minimum atomic E-state index is -0.869. The van der Waals surface area contributed by atoms with Crippen molar-refractivity contribution in [2.24, 2.45) is 5.73 Å². The average Bonchev–Trinajstić information content (AvgIpc) is 2.43. The summed E-state index contributed by atoms with van der Waals surface area (Å²) in [7, 11) is 0. The van der Waals surface area contributed by atoms with Crippen LogP contribution in [0.1, 0.15) is 28.9 Å². The van der Waals surface area contributed by atoms with Crippen molar-refractivity contribution in [3.05, 3.63) is 33.4 Å². The second-order valence-electron chi connectivity index (χ2n) is 5.21. The van der Waals surface area contributed by atoms with E-state index in [0.717, 1.165) is 0 Å². The van der Waals surface area contributed by atoms with E-state index in [2.05, 4.69) is 0 Å². The van der Waals surface area contributed by atoms with Gasteiger partial charge in [-0.1, -0.05) is 0 Å². The third-order valence-corrected chi connectivity index (χ3v) is 3.83. The van der Waals surface area contributed by atoms with Gasteiger partial charge in [0.2, 0.25) is 5.43 Å².